The van der Waals surface area contributed by atoms with E-state index < -0.39 is 0 Å². The van der Waals surface area contributed by atoms with Gasteiger partial charge in [0, 0.05) is 31.9 Å². The summed E-state index contributed by atoms with van der Waals surface area (Å²) in [6.45, 7) is 16.4. The van der Waals surface area contributed by atoms with Crippen molar-refractivity contribution < 1.29 is 9.31 Å². The summed E-state index contributed by atoms with van der Waals surface area (Å²) in [7, 11) is -0.268. The van der Waals surface area contributed by atoms with Crippen molar-refractivity contribution in [3.63, 3.8) is 0 Å². The van der Waals surface area contributed by atoms with E-state index >= 15 is 0 Å². The highest BCUT2D eigenvalue weighted by Crippen LogP contribution is 2.39. The van der Waals surface area contributed by atoms with Gasteiger partial charge in [-0.25, -0.2) is 0 Å². The molecule has 1 aromatic carbocycles. The first-order valence-corrected chi connectivity index (χ1v) is 9.31. The second kappa shape index (κ2) is 6.70. The third-order valence-corrected chi connectivity index (χ3v) is 6.07. The van der Waals surface area contributed by atoms with Crippen molar-refractivity contribution in [3.8, 4) is 0 Å². The molecule has 4 nitrogen and oxygen atoms in total. The predicted octanol–water partition coefficient (Wildman–Crippen LogP) is 2.52. The molecule has 0 spiro atoms. The van der Waals surface area contributed by atoms with Crippen LogP contribution in [0.1, 0.15) is 41.0 Å². The molecular weight excluding hydrogens is 299 g/mol. The molecule has 2 saturated heterocycles. The third kappa shape index (κ3) is 3.22. The Kier molecular flexibility index (Phi) is 4.96. The van der Waals surface area contributed by atoms with Crippen LogP contribution in [0.5, 0.6) is 0 Å². The van der Waals surface area contributed by atoms with E-state index in [1.165, 1.54) is 5.69 Å². The minimum atomic E-state index is -0.276. The van der Waals surface area contributed by atoms with E-state index in [2.05, 4.69) is 68.7 Å². The summed E-state index contributed by atoms with van der Waals surface area (Å²) in [5.41, 5.74) is 1.88. The van der Waals surface area contributed by atoms with Gasteiger partial charge in [0.25, 0.3) is 0 Å². The van der Waals surface area contributed by atoms with Gasteiger partial charge in [-0.15, -0.1) is 0 Å². The van der Waals surface area contributed by atoms with Crippen LogP contribution in [0.4, 0.5) is 5.69 Å². The Morgan fingerprint density at radius 2 is 1.58 bits per heavy atom. The monoisotopic (exact) mass is 330 g/mol. The SMILES string of the molecule is CCN1CCN(c2ccc(B3OC(C)(C)C(C)(CC)O3)cc2)CC1. The Labute approximate surface area is 147 Å². The van der Waals surface area contributed by atoms with E-state index in [9.17, 15) is 0 Å². The molecule has 0 radical (unpaired) electrons. The molecule has 1 aromatic rings. The lowest BCUT2D eigenvalue weighted by atomic mass is 9.79. The number of benzene rings is 1. The van der Waals surface area contributed by atoms with E-state index in [4.69, 9.17) is 9.31 Å². The molecule has 0 amide bonds. The van der Waals surface area contributed by atoms with Gasteiger partial charge in [0.1, 0.15) is 0 Å². The van der Waals surface area contributed by atoms with Crippen LogP contribution in [0.25, 0.3) is 0 Å². The molecule has 3 rings (SSSR count). The molecule has 0 N–H and O–H groups in total. The molecule has 2 fully saturated rings. The minimum Gasteiger partial charge on any atom is -0.399 e. The van der Waals surface area contributed by atoms with Gasteiger partial charge in [0.2, 0.25) is 0 Å². The zero-order chi connectivity index (χ0) is 17.4. The van der Waals surface area contributed by atoms with Crippen LogP contribution >= 0.6 is 0 Å². The van der Waals surface area contributed by atoms with E-state index in [1.807, 2.05) is 0 Å². The average molecular weight is 330 g/mol. The summed E-state index contributed by atoms with van der Waals surface area (Å²) in [5.74, 6) is 0. The number of likely N-dealkylation sites (N-methyl/N-ethyl adjacent to an activating group) is 1. The van der Waals surface area contributed by atoms with Crippen LogP contribution in [0.3, 0.4) is 0 Å². The zero-order valence-corrected chi connectivity index (χ0v) is 15.8. The van der Waals surface area contributed by atoms with Gasteiger partial charge in [0.05, 0.1) is 11.2 Å². The summed E-state index contributed by atoms with van der Waals surface area (Å²) in [6.07, 6.45) is 0.941. The fraction of sp³-hybridized carbons (Fsp3) is 0.684. The summed E-state index contributed by atoms with van der Waals surface area (Å²) >= 11 is 0. The van der Waals surface area contributed by atoms with Crippen LogP contribution in [-0.4, -0.2) is 55.9 Å². The van der Waals surface area contributed by atoms with Crippen molar-refractivity contribution in [2.75, 3.05) is 37.6 Å². The van der Waals surface area contributed by atoms with Gasteiger partial charge >= 0.3 is 7.12 Å². The zero-order valence-electron chi connectivity index (χ0n) is 15.8. The Morgan fingerprint density at radius 1 is 0.958 bits per heavy atom. The normalized spacial score (nSPS) is 27.7. The second-order valence-corrected chi connectivity index (χ2v) is 7.68. The number of piperazine rings is 1. The van der Waals surface area contributed by atoms with Crippen LogP contribution < -0.4 is 10.4 Å². The highest BCUT2D eigenvalue weighted by molar-refractivity contribution is 6.62. The lowest BCUT2D eigenvalue weighted by molar-refractivity contribution is -0.0118. The van der Waals surface area contributed by atoms with Crippen LogP contribution in [-0.2, 0) is 9.31 Å². The summed E-state index contributed by atoms with van der Waals surface area (Å²) in [5, 5.41) is 0. The maximum Gasteiger partial charge on any atom is 0.494 e. The topological polar surface area (TPSA) is 24.9 Å². The van der Waals surface area contributed by atoms with Crippen molar-refractivity contribution >= 4 is 18.3 Å². The van der Waals surface area contributed by atoms with E-state index in [-0.39, 0.29) is 18.3 Å². The molecule has 1 atom stereocenters. The van der Waals surface area contributed by atoms with E-state index in [0.717, 1.165) is 44.6 Å². The van der Waals surface area contributed by atoms with E-state index in [1.54, 1.807) is 0 Å². The summed E-state index contributed by atoms with van der Waals surface area (Å²) < 4.78 is 12.5. The number of nitrogens with zero attached hydrogens (tertiary/aromatic N) is 2. The predicted molar refractivity (Wildman–Crippen MR) is 101 cm³/mol. The molecule has 0 bridgehead atoms. The average Bonchev–Trinajstić information content (AvgIpc) is 2.85. The number of anilines is 1. The molecule has 0 saturated carbocycles. The second-order valence-electron chi connectivity index (χ2n) is 7.68. The molecule has 5 heteroatoms. The summed E-state index contributed by atoms with van der Waals surface area (Å²) in [4.78, 5) is 4.96. The van der Waals surface area contributed by atoms with E-state index in [0.29, 0.717) is 0 Å². The van der Waals surface area contributed by atoms with Gasteiger partial charge in [-0.3, -0.25) is 0 Å². The first-order chi connectivity index (χ1) is 11.4. The van der Waals surface area contributed by atoms with Gasteiger partial charge in [0.15, 0.2) is 0 Å². The molecule has 2 aliphatic rings. The first-order valence-electron chi connectivity index (χ1n) is 9.31. The number of hydrogen-bond acceptors (Lipinski definition) is 4. The Bertz CT molecular complexity index is 555. The Morgan fingerprint density at radius 3 is 2.08 bits per heavy atom. The van der Waals surface area contributed by atoms with Gasteiger partial charge in [-0.2, -0.15) is 0 Å². The lowest BCUT2D eigenvalue weighted by Crippen LogP contribution is -2.46. The Hall–Kier alpha value is -1.04. The highest BCUT2D eigenvalue weighted by atomic mass is 16.7. The van der Waals surface area contributed by atoms with Crippen molar-refractivity contribution in [2.45, 2.75) is 52.2 Å². The molecule has 1 unspecified atom stereocenters. The molecular formula is C19H31BN2O2. The maximum atomic E-state index is 6.27. The Balaban J connectivity index is 1.68. The van der Waals surface area contributed by atoms with Gasteiger partial charge in [-0.1, -0.05) is 26.0 Å². The number of rotatable bonds is 4. The van der Waals surface area contributed by atoms with Crippen LogP contribution in [0.2, 0.25) is 0 Å². The molecule has 132 valence electrons. The molecule has 0 aliphatic carbocycles. The van der Waals surface area contributed by atoms with Gasteiger partial charge < -0.3 is 19.1 Å². The first kappa shape index (κ1) is 17.8. The highest BCUT2D eigenvalue weighted by Gasteiger charge is 2.53. The van der Waals surface area contributed by atoms with Crippen molar-refractivity contribution in [1.29, 1.82) is 0 Å². The van der Waals surface area contributed by atoms with Crippen LogP contribution in [0, 0.1) is 0 Å². The van der Waals surface area contributed by atoms with Crippen molar-refractivity contribution in [2.24, 2.45) is 0 Å². The molecule has 0 aromatic heterocycles. The number of hydrogen-bond donors (Lipinski definition) is 0. The quantitative estimate of drug-likeness (QED) is 0.792. The molecule has 2 aliphatic heterocycles. The maximum absolute atomic E-state index is 6.27. The standard InChI is InChI=1S/C19H31BN2O2/c1-6-19(5)18(3,4)23-20(24-19)16-8-10-17(11-9-16)22-14-12-21(7-2)13-15-22/h8-11H,6-7,12-15H2,1-5H3. The third-order valence-electron chi connectivity index (χ3n) is 6.07. The fourth-order valence-corrected chi connectivity index (χ4v) is 3.60. The minimum absolute atomic E-state index is 0.243. The largest absolute Gasteiger partial charge is 0.494 e. The molecule has 2 heterocycles. The fourth-order valence-electron chi connectivity index (χ4n) is 3.60. The molecule has 24 heavy (non-hydrogen) atoms. The summed E-state index contributed by atoms with van der Waals surface area (Å²) in [6, 6.07) is 8.73. The van der Waals surface area contributed by atoms with Crippen molar-refractivity contribution in [3.05, 3.63) is 24.3 Å². The lowest BCUT2D eigenvalue weighted by Gasteiger charge is -2.35. The van der Waals surface area contributed by atoms with Crippen LogP contribution in [0.15, 0.2) is 24.3 Å². The van der Waals surface area contributed by atoms with Crippen molar-refractivity contribution in [1.82, 2.24) is 4.90 Å². The van der Waals surface area contributed by atoms with Gasteiger partial charge in [-0.05, 0) is 51.3 Å². The smallest absolute Gasteiger partial charge is 0.399 e.